The summed E-state index contributed by atoms with van der Waals surface area (Å²) in [6.45, 7) is 0. The third-order valence-electron chi connectivity index (χ3n) is 4.16. The number of ketones is 1. The Kier molecular flexibility index (Phi) is 3.47. The molecule has 0 saturated carbocycles. The summed E-state index contributed by atoms with van der Waals surface area (Å²) in [5.74, 6) is 0.660. The fourth-order valence-electron chi connectivity index (χ4n) is 3.04. The van der Waals surface area contributed by atoms with E-state index in [0.717, 1.165) is 27.4 Å². The number of fused-ring (bicyclic) bond motifs is 3. The van der Waals surface area contributed by atoms with Crippen LogP contribution in [0.2, 0.25) is 0 Å². The van der Waals surface area contributed by atoms with Crippen LogP contribution < -0.4 is 4.74 Å². The number of hydrogen-bond donors (Lipinski definition) is 0. The zero-order valence-corrected chi connectivity index (χ0v) is 13.2. The van der Waals surface area contributed by atoms with Crippen molar-refractivity contribution >= 4 is 27.5 Å². The summed E-state index contributed by atoms with van der Waals surface area (Å²) in [7, 11) is 1.64. The summed E-state index contributed by atoms with van der Waals surface area (Å²) in [6.07, 6.45) is 0. The maximum atomic E-state index is 13.0. The second-order valence-electron chi connectivity index (χ2n) is 5.56. The van der Waals surface area contributed by atoms with Gasteiger partial charge in [-0.1, -0.05) is 60.7 Å². The number of rotatable bonds is 3. The number of methoxy groups -OCH3 is 1. The van der Waals surface area contributed by atoms with Crippen molar-refractivity contribution in [3.8, 4) is 5.75 Å². The quantitative estimate of drug-likeness (QED) is 0.409. The van der Waals surface area contributed by atoms with E-state index >= 15 is 0 Å². The van der Waals surface area contributed by atoms with Crippen molar-refractivity contribution < 1.29 is 9.53 Å². The van der Waals surface area contributed by atoms with Crippen LogP contribution in [0.25, 0.3) is 21.7 Å². The molecule has 3 heteroatoms. The summed E-state index contributed by atoms with van der Waals surface area (Å²) in [6, 6.07) is 22.8. The summed E-state index contributed by atoms with van der Waals surface area (Å²) < 4.78 is 5.54. The minimum Gasteiger partial charge on any atom is -0.496 e. The van der Waals surface area contributed by atoms with E-state index in [1.165, 1.54) is 0 Å². The smallest absolute Gasteiger partial charge is 0.212 e. The van der Waals surface area contributed by atoms with Gasteiger partial charge in [0.05, 0.1) is 12.6 Å². The summed E-state index contributed by atoms with van der Waals surface area (Å²) in [5, 5.41) is 2.71. The first-order valence-electron chi connectivity index (χ1n) is 7.75. The number of benzene rings is 3. The monoisotopic (exact) mass is 313 g/mol. The van der Waals surface area contributed by atoms with E-state index in [-0.39, 0.29) is 5.78 Å². The number of nitrogens with zero attached hydrogens (tertiary/aromatic N) is 1. The first kappa shape index (κ1) is 14.4. The maximum absolute atomic E-state index is 13.0. The van der Waals surface area contributed by atoms with Gasteiger partial charge in [-0.15, -0.1) is 0 Å². The largest absolute Gasteiger partial charge is 0.496 e. The predicted octanol–water partition coefficient (Wildman–Crippen LogP) is 4.63. The molecule has 1 aromatic heterocycles. The average molecular weight is 313 g/mol. The van der Waals surface area contributed by atoms with Gasteiger partial charge in [0.15, 0.2) is 0 Å². The number of hydrogen-bond acceptors (Lipinski definition) is 3. The third kappa shape index (κ3) is 2.22. The van der Waals surface area contributed by atoms with Crippen LogP contribution in [0, 0.1) is 0 Å². The number of ether oxygens (including phenoxy) is 1. The van der Waals surface area contributed by atoms with Crippen LogP contribution in [0.4, 0.5) is 0 Å². The fourth-order valence-corrected chi connectivity index (χ4v) is 3.04. The number of aromatic nitrogens is 1. The van der Waals surface area contributed by atoms with E-state index in [1.807, 2.05) is 72.8 Å². The normalized spacial score (nSPS) is 10.9. The minimum absolute atomic E-state index is 0.0837. The molecule has 0 aliphatic heterocycles. The van der Waals surface area contributed by atoms with Gasteiger partial charge in [0, 0.05) is 21.7 Å². The maximum Gasteiger partial charge on any atom is 0.212 e. The van der Waals surface area contributed by atoms with Gasteiger partial charge in [0.25, 0.3) is 0 Å². The lowest BCUT2D eigenvalue weighted by Gasteiger charge is -2.12. The van der Waals surface area contributed by atoms with E-state index in [2.05, 4.69) is 4.98 Å². The molecule has 0 aliphatic carbocycles. The Hall–Kier alpha value is -3.20. The second kappa shape index (κ2) is 5.78. The summed E-state index contributed by atoms with van der Waals surface area (Å²) >= 11 is 0. The molecule has 1 heterocycles. The Morgan fingerprint density at radius 1 is 0.833 bits per heavy atom. The highest BCUT2D eigenvalue weighted by Gasteiger charge is 2.18. The number of carbonyl (C=O) groups excluding carboxylic acids is 1. The topological polar surface area (TPSA) is 39.2 Å². The molecular formula is C21H15NO2. The van der Waals surface area contributed by atoms with Crippen molar-refractivity contribution in [3.05, 3.63) is 84.1 Å². The van der Waals surface area contributed by atoms with Gasteiger partial charge < -0.3 is 4.74 Å². The van der Waals surface area contributed by atoms with Gasteiger partial charge >= 0.3 is 0 Å². The lowest BCUT2D eigenvalue weighted by atomic mass is 9.98. The molecule has 0 N–H and O–H groups in total. The molecule has 3 aromatic carbocycles. The first-order chi connectivity index (χ1) is 11.8. The Morgan fingerprint density at radius 3 is 2.33 bits per heavy atom. The zero-order chi connectivity index (χ0) is 16.5. The van der Waals surface area contributed by atoms with Gasteiger partial charge in [-0.2, -0.15) is 0 Å². The van der Waals surface area contributed by atoms with Gasteiger partial charge in [0.2, 0.25) is 5.78 Å². The second-order valence-corrected chi connectivity index (χ2v) is 5.56. The highest BCUT2D eigenvalue weighted by molar-refractivity contribution is 6.21. The summed E-state index contributed by atoms with van der Waals surface area (Å²) in [4.78, 5) is 17.7. The van der Waals surface area contributed by atoms with Gasteiger partial charge in [0.1, 0.15) is 11.4 Å². The molecule has 4 rings (SSSR count). The van der Waals surface area contributed by atoms with Crippen LogP contribution >= 0.6 is 0 Å². The number of carbonyl (C=O) groups is 1. The zero-order valence-electron chi connectivity index (χ0n) is 13.2. The molecule has 0 bridgehead atoms. The fraction of sp³-hybridized carbons (Fsp3) is 0.0476. The van der Waals surface area contributed by atoms with E-state index in [1.54, 1.807) is 7.11 Å². The third-order valence-corrected chi connectivity index (χ3v) is 4.16. The molecule has 24 heavy (non-hydrogen) atoms. The van der Waals surface area contributed by atoms with Crippen LogP contribution in [0.1, 0.15) is 16.1 Å². The molecular weight excluding hydrogens is 298 g/mol. The van der Waals surface area contributed by atoms with E-state index in [0.29, 0.717) is 11.3 Å². The molecule has 0 aliphatic rings. The average Bonchev–Trinajstić information content (AvgIpc) is 2.67. The van der Waals surface area contributed by atoms with Crippen molar-refractivity contribution in [1.29, 1.82) is 0 Å². The van der Waals surface area contributed by atoms with Crippen molar-refractivity contribution in [2.75, 3.05) is 7.11 Å². The minimum atomic E-state index is -0.0837. The SMILES string of the molecule is COc1cccc2c(C(=O)c3ccccc3)nc3ccccc3c12. The van der Waals surface area contributed by atoms with E-state index in [4.69, 9.17) is 4.74 Å². The lowest BCUT2D eigenvalue weighted by molar-refractivity contribution is 0.103. The van der Waals surface area contributed by atoms with Gasteiger partial charge in [-0.25, -0.2) is 4.98 Å². The highest BCUT2D eigenvalue weighted by Crippen LogP contribution is 2.34. The molecule has 3 nitrogen and oxygen atoms in total. The highest BCUT2D eigenvalue weighted by atomic mass is 16.5. The molecule has 0 saturated heterocycles. The van der Waals surface area contributed by atoms with Gasteiger partial charge in [-0.05, 0) is 12.1 Å². The molecule has 0 atom stereocenters. The standard InChI is InChI=1S/C21H15NO2/c1-24-18-13-7-11-16-19(18)15-10-5-6-12-17(15)22-20(16)21(23)14-8-3-2-4-9-14/h2-13H,1H3. The lowest BCUT2D eigenvalue weighted by Crippen LogP contribution is -2.06. The Labute approximate surface area is 139 Å². The molecule has 0 radical (unpaired) electrons. The number of pyridine rings is 1. The van der Waals surface area contributed by atoms with Crippen molar-refractivity contribution in [3.63, 3.8) is 0 Å². The Balaban J connectivity index is 2.10. The van der Waals surface area contributed by atoms with Crippen molar-refractivity contribution in [2.45, 2.75) is 0 Å². The molecule has 0 amide bonds. The summed E-state index contributed by atoms with van der Waals surface area (Å²) in [5.41, 5.74) is 1.87. The molecule has 116 valence electrons. The molecule has 4 aromatic rings. The predicted molar refractivity (Wildman–Crippen MR) is 95.7 cm³/mol. The number of para-hydroxylation sites is 1. The van der Waals surface area contributed by atoms with Crippen LogP contribution in [0.5, 0.6) is 5.75 Å². The van der Waals surface area contributed by atoms with E-state index in [9.17, 15) is 4.79 Å². The molecule has 0 unspecified atom stereocenters. The van der Waals surface area contributed by atoms with Crippen LogP contribution in [-0.2, 0) is 0 Å². The van der Waals surface area contributed by atoms with Crippen LogP contribution in [-0.4, -0.2) is 17.9 Å². The first-order valence-corrected chi connectivity index (χ1v) is 7.75. The Bertz CT molecular complexity index is 1060. The van der Waals surface area contributed by atoms with Crippen molar-refractivity contribution in [2.24, 2.45) is 0 Å². The molecule has 0 spiro atoms. The van der Waals surface area contributed by atoms with Crippen molar-refractivity contribution in [1.82, 2.24) is 4.98 Å². The van der Waals surface area contributed by atoms with E-state index < -0.39 is 0 Å². The van der Waals surface area contributed by atoms with Crippen LogP contribution in [0.3, 0.4) is 0 Å². The Morgan fingerprint density at radius 2 is 1.54 bits per heavy atom. The van der Waals surface area contributed by atoms with Crippen LogP contribution in [0.15, 0.2) is 72.8 Å². The van der Waals surface area contributed by atoms with Gasteiger partial charge in [-0.3, -0.25) is 4.79 Å². The molecule has 0 fully saturated rings.